The zero-order chi connectivity index (χ0) is 11.4. The van der Waals surface area contributed by atoms with Gasteiger partial charge in [0.1, 0.15) is 12.1 Å². The van der Waals surface area contributed by atoms with Crippen LogP contribution in [0.3, 0.4) is 0 Å². The number of nitriles is 2. The average Bonchev–Trinajstić information content (AvgIpc) is 3.04. The van der Waals surface area contributed by atoms with Gasteiger partial charge in [-0.25, -0.2) is 4.98 Å². The normalized spacial score (nSPS) is 14.4. The zero-order valence-electron chi connectivity index (χ0n) is 8.89. The molecule has 0 saturated heterocycles. The van der Waals surface area contributed by atoms with Gasteiger partial charge in [0, 0.05) is 13.2 Å². The fourth-order valence-electron chi connectivity index (χ4n) is 1.45. The first-order valence-corrected chi connectivity index (χ1v) is 5.28. The Bertz CT molecular complexity index is 448. The number of hydrogen-bond donors (Lipinski definition) is 0. The maximum absolute atomic E-state index is 8.87. The first kappa shape index (κ1) is 10.7. The van der Waals surface area contributed by atoms with Crippen LogP contribution in [0.15, 0.2) is 6.33 Å². The molecule has 0 unspecified atom stereocenters. The summed E-state index contributed by atoms with van der Waals surface area (Å²) >= 11 is 0. The van der Waals surface area contributed by atoms with E-state index in [1.54, 1.807) is 4.57 Å². The largest absolute Gasteiger partial charge is 0.379 e. The average molecular weight is 216 g/mol. The summed E-state index contributed by atoms with van der Waals surface area (Å²) in [5.74, 6) is 0.743. The predicted octanol–water partition coefficient (Wildman–Crippen LogP) is 1.05. The quantitative estimate of drug-likeness (QED) is 0.689. The van der Waals surface area contributed by atoms with Gasteiger partial charge in [-0.15, -0.1) is 0 Å². The molecule has 0 radical (unpaired) electrons. The van der Waals surface area contributed by atoms with Crippen molar-refractivity contribution in [3.63, 3.8) is 0 Å². The van der Waals surface area contributed by atoms with Gasteiger partial charge in [-0.2, -0.15) is 10.5 Å². The van der Waals surface area contributed by atoms with Gasteiger partial charge < -0.3 is 9.30 Å². The number of imidazole rings is 1. The summed E-state index contributed by atoms with van der Waals surface area (Å²) in [6.45, 7) is 1.94. The first-order chi connectivity index (χ1) is 7.85. The molecule has 2 rings (SSSR count). The third-order valence-electron chi connectivity index (χ3n) is 2.58. The Balaban J connectivity index is 1.86. The van der Waals surface area contributed by atoms with Crippen molar-refractivity contribution in [2.75, 3.05) is 13.2 Å². The Morgan fingerprint density at radius 3 is 2.88 bits per heavy atom. The third-order valence-corrected chi connectivity index (χ3v) is 2.58. The molecule has 5 heteroatoms. The van der Waals surface area contributed by atoms with Gasteiger partial charge in [-0.05, 0) is 18.8 Å². The minimum atomic E-state index is 0.185. The Hall–Kier alpha value is -1.85. The van der Waals surface area contributed by atoms with Crippen LogP contribution >= 0.6 is 0 Å². The third kappa shape index (κ3) is 2.39. The highest BCUT2D eigenvalue weighted by Crippen LogP contribution is 2.28. The minimum absolute atomic E-state index is 0.185. The number of ether oxygens (including phenoxy) is 1. The molecule has 0 aromatic carbocycles. The highest BCUT2D eigenvalue weighted by molar-refractivity contribution is 5.35. The highest BCUT2D eigenvalue weighted by atomic mass is 16.5. The first-order valence-electron chi connectivity index (χ1n) is 5.28. The van der Waals surface area contributed by atoms with E-state index in [-0.39, 0.29) is 5.69 Å². The van der Waals surface area contributed by atoms with Crippen LogP contribution in [0.25, 0.3) is 0 Å². The summed E-state index contributed by atoms with van der Waals surface area (Å²) in [4.78, 5) is 3.86. The highest BCUT2D eigenvalue weighted by Gasteiger charge is 2.21. The fraction of sp³-hybridized carbons (Fsp3) is 0.545. The molecule has 1 aliphatic carbocycles. The van der Waals surface area contributed by atoms with Crippen LogP contribution < -0.4 is 0 Å². The van der Waals surface area contributed by atoms with Crippen LogP contribution in [0.4, 0.5) is 0 Å². The monoisotopic (exact) mass is 216 g/mol. The number of rotatable bonds is 5. The van der Waals surface area contributed by atoms with Crippen molar-refractivity contribution >= 4 is 0 Å². The van der Waals surface area contributed by atoms with E-state index in [0.717, 1.165) is 12.5 Å². The van der Waals surface area contributed by atoms with Gasteiger partial charge in [0.25, 0.3) is 0 Å². The van der Waals surface area contributed by atoms with Crippen LogP contribution in [0, 0.1) is 28.6 Å². The molecule has 0 aliphatic heterocycles. The molecule has 1 aromatic heterocycles. The van der Waals surface area contributed by atoms with E-state index in [4.69, 9.17) is 15.3 Å². The van der Waals surface area contributed by atoms with Crippen LogP contribution in [-0.4, -0.2) is 22.8 Å². The molecule has 1 aromatic rings. The van der Waals surface area contributed by atoms with Gasteiger partial charge in [0.05, 0.1) is 12.9 Å². The second kappa shape index (κ2) is 4.78. The van der Waals surface area contributed by atoms with Crippen molar-refractivity contribution in [2.45, 2.75) is 19.4 Å². The van der Waals surface area contributed by atoms with Crippen LogP contribution in [-0.2, 0) is 11.3 Å². The van der Waals surface area contributed by atoms with Crippen molar-refractivity contribution in [3.05, 3.63) is 17.7 Å². The molecule has 0 N–H and O–H groups in total. The van der Waals surface area contributed by atoms with E-state index in [1.807, 2.05) is 12.1 Å². The van der Waals surface area contributed by atoms with Gasteiger partial charge in [-0.1, -0.05) is 0 Å². The Labute approximate surface area is 93.9 Å². The van der Waals surface area contributed by atoms with Gasteiger partial charge in [0.2, 0.25) is 0 Å². The Kier molecular flexibility index (Phi) is 3.19. The molecule has 82 valence electrons. The maximum Gasteiger partial charge on any atom is 0.176 e. The molecule has 0 atom stereocenters. The summed E-state index contributed by atoms with van der Waals surface area (Å²) in [6.07, 6.45) is 4.05. The lowest BCUT2D eigenvalue weighted by Crippen LogP contribution is -2.08. The fourth-order valence-corrected chi connectivity index (χ4v) is 1.45. The van der Waals surface area contributed by atoms with Crippen LogP contribution in [0.2, 0.25) is 0 Å². The maximum atomic E-state index is 8.87. The summed E-state index contributed by atoms with van der Waals surface area (Å²) in [5, 5.41) is 17.6. The van der Waals surface area contributed by atoms with E-state index < -0.39 is 0 Å². The van der Waals surface area contributed by atoms with E-state index >= 15 is 0 Å². The lowest BCUT2D eigenvalue weighted by Gasteiger charge is -2.04. The lowest BCUT2D eigenvalue weighted by molar-refractivity contribution is 0.117. The van der Waals surface area contributed by atoms with E-state index in [2.05, 4.69) is 4.98 Å². The molecule has 0 spiro atoms. The summed E-state index contributed by atoms with van der Waals surface area (Å²) in [6, 6.07) is 3.87. The van der Waals surface area contributed by atoms with E-state index in [0.29, 0.717) is 18.8 Å². The molecule has 1 aliphatic rings. The molecule has 1 saturated carbocycles. The van der Waals surface area contributed by atoms with E-state index in [9.17, 15) is 0 Å². The molecule has 1 fully saturated rings. The summed E-state index contributed by atoms with van der Waals surface area (Å²) < 4.78 is 7.12. The van der Waals surface area contributed by atoms with Crippen molar-refractivity contribution in [3.8, 4) is 12.1 Å². The van der Waals surface area contributed by atoms with Crippen molar-refractivity contribution in [1.82, 2.24) is 9.55 Å². The second-order valence-electron chi connectivity index (χ2n) is 3.88. The molecule has 5 nitrogen and oxygen atoms in total. The van der Waals surface area contributed by atoms with Gasteiger partial charge in [0.15, 0.2) is 11.4 Å². The molecule has 1 heterocycles. The van der Waals surface area contributed by atoms with Crippen molar-refractivity contribution in [1.29, 1.82) is 10.5 Å². The molecule has 0 amide bonds. The second-order valence-corrected chi connectivity index (χ2v) is 3.88. The van der Waals surface area contributed by atoms with Gasteiger partial charge in [-0.3, -0.25) is 0 Å². The van der Waals surface area contributed by atoms with Crippen LogP contribution in [0.5, 0.6) is 0 Å². The molecular weight excluding hydrogens is 204 g/mol. The van der Waals surface area contributed by atoms with Crippen molar-refractivity contribution in [2.24, 2.45) is 5.92 Å². The number of aromatic nitrogens is 2. The standard InChI is InChI=1S/C11H12N4O/c12-5-10-11(6-13)15(8-14-10)3-4-16-7-9-1-2-9/h8-9H,1-4,7H2. The van der Waals surface area contributed by atoms with Crippen molar-refractivity contribution < 1.29 is 4.74 Å². The molecule has 16 heavy (non-hydrogen) atoms. The summed E-state index contributed by atoms with van der Waals surface area (Å²) in [7, 11) is 0. The predicted molar refractivity (Wildman–Crippen MR) is 55.2 cm³/mol. The van der Waals surface area contributed by atoms with E-state index in [1.165, 1.54) is 19.2 Å². The number of nitrogens with zero attached hydrogens (tertiary/aromatic N) is 4. The number of hydrogen-bond acceptors (Lipinski definition) is 4. The summed E-state index contributed by atoms with van der Waals surface area (Å²) in [5.41, 5.74) is 0.502. The Morgan fingerprint density at radius 2 is 2.25 bits per heavy atom. The SMILES string of the molecule is N#Cc1ncn(CCOCC2CC2)c1C#N. The smallest absolute Gasteiger partial charge is 0.176 e. The lowest BCUT2D eigenvalue weighted by atomic mass is 10.3. The molecule has 0 bridgehead atoms. The Morgan fingerprint density at radius 1 is 1.44 bits per heavy atom. The zero-order valence-corrected chi connectivity index (χ0v) is 8.89. The van der Waals surface area contributed by atoms with Gasteiger partial charge >= 0.3 is 0 Å². The topological polar surface area (TPSA) is 74.6 Å². The van der Waals surface area contributed by atoms with Crippen LogP contribution in [0.1, 0.15) is 24.2 Å². The molecular formula is C11H12N4O. The minimum Gasteiger partial charge on any atom is -0.379 e.